The van der Waals surface area contributed by atoms with Crippen molar-refractivity contribution < 1.29 is 23.8 Å². The van der Waals surface area contributed by atoms with E-state index in [2.05, 4.69) is 5.32 Å². The fourth-order valence-electron chi connectivity index (χ4n) is 3.30. The van der Waals surface area contributed by atoms with E-state index in [4.69, 9.17) is 14.2 Å². The molecule has 1 amide bonds. The number of esters is 1. The van der Waals surface area contributed by atoms with Crippen molar-refractivity contribution in [1.82, 2.24) is 0 Å². The molecule has 0 atom stereocenters. The Kier molecular flexibility index (Phi) is 7.45. The molecule has 0 aliphatic heterocycles. The molecule has 0 aromatic heterocycles. The number of rotatable bonds is 8. The third-order valence-electron chi connectivity index (χ3n) is 4.60. The second-order valence-electron chi connectivity index (χ2n) is 6.49. The van der Waals surface area contributed by atoms with Crippen LogP contribution >= 0.6 is 0 Å². The fourth-order valence-corrected chi connectivity index (χ4v) is 3.30. The second kappa shape index (κ2) is 9.57. The van der Waals surface area contributed by atoms with Crippen LogP contribution in [0.25, 0.3) is 0 Å². The molecule has 6 heteroatoms. The molecule has 0 heterocycles. The SMILES string of the molecule is CCCOc1ccc(NC(=O)C2(OCC)CCCCC2)cc1C(=O)OC. The highest BCUT2D eigenvalue weighted by molar-refractivity contribution is 5.99. The average molecular weight is 363 g/mol. The molecule has 26 heavy (non-hydrogen) atoms. The molecule has 1 aromatic rings. The summed E-state index contributed by atoms with van der Waals surface area (Å²) in [5, 5.41) is 2.91. The molecule has 1 fully saturated rings. The second-order valence-corrected chi connectivity index (χ2v) is 6.49. The van der Waals surface area contributed by atoms with Gasteiger partial charge in [-0.2, -0.15) is 0 Å². The molecule has 1 aliphatic rings. The Morgan fingerprint density at radius 3 is 2.50 bits per heavy atom. The molecule has 144 valence electrons. The van der Waals surface area contributed by atoms with Gasteiger partial charge in [0.1, 0.15) is 16.9 Å². The molecule has 1 aromatic carbocycles. The molecule has 1 N–H and O–H groups in total. The minimum Gasteiger partial charge on any atom is -0.493 e. The molecular formula is C20H29NO5. The predicted molar refractivity (Wildman–Crippen MR) is 99.6 cm³/mol. The lowest BCUT2D eigenvalue weighted by molar-refractivity contribution is -0.145. The summed E-state index contributed by atoms with van der Waals surface area (Å²) in [6.07, 6.45) is 5.34. The largest absolute Gasteiger partial charge is 0.493 e. The van der Waals surface area contributed by atoms with Crippen LogP contribution in [0.15, 0.2) is 18.2 Å². The molecule has 0 saturated heterocycles. The van der Waals surface area contributed by atoms with Gasteiger partial charge < -0.3 is 19.5 Å². The van der Waals surface area contributed by atoms with Gasteiger partial charge in [0, 0.05) is 12.3 Å². The first-order chi connectivity index (χ1) is 12.6. The molecule has 6 nitrogen and oxygen atoms in total. The summed E-state index contributed by atoms with van der Waals surface area (Å²) in [5.74, 6) is -0.199. The summed E-state index contributed by atoms with van der Waals surface area (Å²) in [6.45, 7) is 4.89. The Labute approximate surface area is 155 Å². The number of carbonyl (C=O) groups excluding carboxylic acids is 2. The van der Waals surface area contributed by atoms with Gasteiger partial charge >= 0.3 is 5.97 Å². The maximum atomic E-state index is 12.9. The summed E-state index contributed by atoms with van der Waals surface area (Å²) in [4.78, 5) is 25.0. The van der Waals surface area contributed by atoms with E-state index in [9.17, 15) is 9.59 Å². The summed E-state index contributed by atoms with van der Waals surface area (Å²) >= 11 is 0. The maximum absolute atomic E-state index is 12.9. The highest BCUT2D eigenvalue weighted by atomic mass is 16.5. The van der Waals surface area contributed by atoms with E-state index in [0.717, 1.165) is 25.7 Å². The molecule has 0 spiro atoms. The average Bonchev–Trinajstić information content (AvgIpc) is 2.67. The monoisotopic (exact) mass is 363 g/mol. The third kappa shape index (κ3) is 4.75. The number of anilines is 1. The number of nitrogens with one attached hydrogen (secondary N) is 1. The Balaban J connectivity index is 2.21. The number of methoxy groups -OCH3 is 1. The van der Waals surface area contributed by atoms with Gasteiger partial charge in [-0.1, -0.05) is 26.2 Å². The number of carbonyl (C=O) groups is 2. The molecule has 0 unspecified atom stereocenters. The van der Waals surface area contributed by atoms with Crippen molar-refractivity contribution in [3.63, 3.8) is 0 Å². The minimum atomic E-state index is -0.782. The van der Waals surface area contributed by atoms with E-state index >= 15 is 0 Å². The van der Waals surface area contributed by atoms with Crippen molar-refractivity contribution in [1.29, 1.82) is 0 Å². The quantitative estimate of drug-likeness (QED) is 0.708. The lowest BCUT2D eigenvalue weighted by atomic mass is 9.83. The van der Waals surface area contributed by atoms with E-state index in [1.54, 1.807) is 18.2 Å². The number of benzene rings is 1. The summed E-state index contributed by atoms with van der Waals surface area (Å²) < 4.78 is 16.3. The van der Waals surface area contributed by atoms with Crippen LogP contribution in [0.4, 0.5) is 5.69 Å². The lowest BCUT2D eigenvalue weighted by Crippen LogP contribution is -2.47. The number of ether oxygens (including phenoxy) is 3. The maximum Gasteiger partial charge on any atom is 0.341 e. The van der Waals surface area contributed by atoms with Crippen molar-refractivity contribution in [2.45, 2.75) is 58.0 Å². The summed E-state index contributed by atoms with van der Waals surface area (Å²) in [5.41, 5.74) is 0.0484. The Hall–Kier alpha value is -2.08. The summed E-state index contributed by atoms with van der Waals surface area (Å²) in [7, 11) is 1.32. The van der Waals surface area contributed by atoms with Crippen LogP contribution in [0.3, 0.4) is 0 Å². The first-order valence-corrected chi connectivity index (χ1v) is 9.37. The van der Waals surface area contributed by atoms with Gasteiger partial charge in [-0.05, 0) is 44.4 Å². The van der Waals surface area contributed by atoms with Crippen LogP contribution < -0.4 is 10.1 Å². The van der Waals surface area contributed by atoms with Crippen molar-refractivity contribution in [2.24, 2.45) is 0 Å². The molecule has 0 radical (unpaired) electrons. The first kappa shape index (κ1) is 20.2. The van der Waals surface area contributed by atoms with Gasteiger partial charge in [0.25, 0.3) is 5.91 Å². The number of amides is 1. The van der Waals surface area contributed by atoms with E-state index in [0.29, 0.717) is 43.1 Å². The van der Waals surface area contributed by atoms with Crippen LogP contribution in [-0.4, -0.2) is 37.8 Å². The van der Waals surface area contributed by atoms with E-state index in [1.165, 1.54) is 7.11 Å². The molecule has 0 bridgehead atoms. The zero-order valence-electron chi connectivity index (χ0n) is 15.9. The minimum absolute atomic E-state index is 0.155. The Morgan fingerprint density at radius 1 is 1.15 bits per heavy atom. The number of hydrogen-bond donors (Lipinski definition) is 1. The van der Waals surface area contributed by atoms with Gasteiger partial charge in [-0.15, -0.1) is 0 Å². The van der Waals surface area contributed by atoms with Gasteiger partial charge in [-0.25, -0.2) is 4.79 Å². The van der Waals surface area contributed by atoms with Crippen LogP contribution in [0.5, 0.6) is 5.75 Å². The first-order valence-electron chi connectivity index (χ1n) is 9.37. The smallest absolute Gasteiger partial charge is 0.341 e. The zero-order chi connectivity index (χ0) is 19.0. The van der Waals surface area contributed by atoms with Crippen LogP contribution in [0.2, 0.25) is 0 Å². The fraction of sp³-hybridized carbons (Fsp3) is 0.600. The van der Waals surface area contributed by atoms with Gasteiger partial charge in [0.05, 0.1) is 13.7 Å². The van der Waals surface area contributed by atoms with Crippen molar-refractivity contribution in [3.8, 4) is 5.75 Å². The normalized spacial score (nSPS) is 16.0. The molecule has 1 aliphatic carbocycles. The predicted octanol–water partition coefficient (Wildman–Crippen LogP) is 3.94. The van der Waals surface area contributed by atoms with Crippen LogP contribution in [0, 0.1) is 0 Å². The van der Waals surface area contributed by atoms with Crippen LogP contribution in [0.1, 0.15) is 62.7 Å². The lowest BCUT2D eigenvalue weighted by Gasteiger charge is -2.35. The third-order valence-corrected chi connectivity index (χ3v) is 4.60. The van der Waals surface area contributed by atoms with Crippen molar-refractivity contribution >= 4 is 17.6 Å². The zero-order valence-corrected chi connectivity index (χ0v) is 15.9. The standard InChI is InChI=1S/C20H29NO5/c1-4-13-25-17-10-9-15(14-16(17)18(22)24-3)21-19(23)20(26-5-2)11-7-6-8-12-20/h9-10,14H,4-8,11-13H2,1-3H3,(H,21,23). The highest BCUT2D eigenvalue weighted by Crippen LogP contribution is 2.33. The Bertz CT molecular complexity index is 617. The van der Waals surface area contributed by atoms with Crippen molar-refractivity contribution in [3.05, 3.63) is 23.8 Å². The summed E-state index contributed by atoms with van der Waals surface area (Å²) in [6, 6.07) is 5.01. The van der Waals surface area contributed by atoms with E-state index in [-0.39, 0.29) is 5.91 Å². The molecular weight excluding hydrogens is 334 g/mol. The Morgan fingerprint density at radius 2 is 1.88 bits per heavy atom. The van der Waals surface area contributed by atoms with Gasteiger partial charge in [0.15, 0.2) is 0 Å². The topological polar surface area (TPSA) is 73.9 Å². The van der Waals surface area contributed by atoms with Crippen molar-refractivity contribution in [2.75, 3.05) is 25.6 Å². The number of hydrogen-bond acceptors (Lipinski definition) is 5. The molecule has 1 saturated carbocycles. The highest BCUT2D eigenvalue weighted by Gasteiger charge is 2.40. The molecule has 2 rings (SSSR count). The van der Waals surface area contributed by atoms with Gasteiger partial charge in [-0.3, -0.25) is 4.79 Å². The van der Waals surface area contributed by atoms with Crippen LogP contribution in [-0.2, 0) is 14.3 Å². The van der Waals surface area contributed by atoms with E-state index in [1.807, 2.05) is 13.8 Å². The van der Waals surface area contributed by atoms with Gasteiger partial charge in [0.2, 0.25) is 0 Å². The van der Waals surface area contributed by atoms with E-state index < -0.39 is 11.6 Å².